The van der Waals surface area contributed by atoms with Crippen molar-refractivity contribution in [2.75, 3.05) is 33.4 Å². The smallest absolute Gasteiger partial charge is 0.193 e. The van der Waals surface area contributed by atoms with Gasteiger partial charge < -0.3 is 15.0 Å². The van der Waals surface area contributed by atoms with Crippen molar-refractivity contribution in [3.8, 4) is 0 Å². The number of hydrogen-bond donors (Lipinski definition) is 1. The molecule has 0 amide bonds. The van der Waals surface area contributed by atoms with Crippen LogP contribution >= 0.6 is 11.3 Å². The normalized spacial score (nSPS) is 27.4. The van der Waals surface area contributed by atoms with E-state index >= 15 is 0 Å². The van der Waals surface area contributed by atoms with Crippen molar-refractivity contribution in [2.45, 2.75) is 19.4 Å². The van der Waals surface area contributed by atoms with Gasteiger partial charge in [-0.05, 0) is 35.2 Å². The number of likely N-dealkylation sites (tertiary alicyclic amines) is 1. The van der Waals surface area contributed by atoms with E-state index < -0.39 is 0 Å². The predicted molar refractivity (Wildman–Crippen MR) is 78.6 cm³/mol. The number of ether oxygens (including phenoxy) is 1. The summed E-state index contributed by atoms with van der Waals surface area (Å²) in [5.41, 5.74) is 1.71. The molecule has 2 fully saturated rings. The predicted octanol–water partition coefficient (Wildman–Crippen LogP) is 1.94. The monoisotopic (exact) mass is 279 g/mol. The number of rotatable bonds is 2. The summed E-state index contributed by atoms with van der Waals surface area (Å²) in [6.45, 7) is 4.87. The van der Waals surface area contributed by atoms with E-state index in [1.54, 1.807) is 11.3 Å². The Hall–Kier alpha value is -1.07. The van der Waals surface area contributed by atoms with Crippen molar-refractivity contribution in [3.63, 3.8) is 0 Å². The van der Waals surface area contributed by atoms with Crippen LogP contribution in [-0.2, 0) is 11.3 Å². The molecule has 2 aliphatic heterocycles. The Kier molecular flexibility index (Phi) is 3.75. The number of nitrogens with one attached hydrogen (secondary N) is 1. The highest BCUT2D eigenvalue weighted by atomic mass is 32.1. The molecule has 1 aromatic heterocycles. The number of guanidine groups is 1. The van der Waals surface area contributed by atoms with Crippen LogP contribution in [0.15, 0.2) is 21.8 Å². The Morgan fingerprint density at radius 2 is 2.53 bits per heavy atom. The second-order valence-electron chi connectivity index (χ2n) is 5.51. The SMILES string of the molecule is CN=C(NCc1ccsc1)N1CCC2(CCOC2)C1. The van der Waals surface area contributed by atoms with E-state index in [9.17, 15) is 0 Å². The Morgan fingerprint density at radius 1 is 1.58 bits per heavy atom. The van der Waals surface area contributed by atoms with Gasteiger partial charge in [0.15, 0.2) is 5.96 Å². The van der Waals surface area contributed by atoms with Crippen molar-refractivity contribution in [1.29, 1.82) is 0 Å². The Balaban J connectivity index is 1.58. The number of aliphatic imine (C=N–C) groups is 1. The third-order valence-electron chi connectivity index (χ3n) is 4.17. The first-order valence-electron chi connectivity index (χ1n) is 6.86. The Morgan fingerprint density at radius 3 is 3.21 bits per heavy atom. The van der Waals surface area contributed by atoms with Gasteiger partial charge in [0, 0.05) is 38.7 Å². The molecule has 1 unspecified atom stereocenters. The van der Waals surface area contributed by atoms with E-state index in [-0.39, 0.29) is 0 Å². The maximum absolute atomic E-state index is 5.58. The quantitative estimate of drug-likeness (QED) is 0.664. The standard InChI is InChI=1S/C14H21N3OS/c1-15-13(16-8-12-2-7-19-9-12)17-5-3-14(10-17)4-6-18-11-14/h2,7,9H,3-6,8,10-11H2,1H3,(H,15,16). The molecule has 1 N–H and O–H groups in total. The van der Waals surface area contributed by atoms with Gasteiger partial charge in [-0.2, -0.15) is 11.3 Å². The summed E-state index contributed by atoms with van der Waals surface area (Å²) in [7, 11) is 1.87. The third kappa shape index (κ3) is 2.77. The molecule has 2 saturated heterocycles. The van der Waals surface area contributed by atoms with Gasteiger partial charge in [-0.1, -0.05) is 0 Å². The van der Waals surface area contributed by atoms with Crippen LogP contribution < -0.4 is 5.32 Å². The number of thiophene rings is 1. The van der Waals surface area contributed by atoms with Gasteiger partial charge in [0.2, 0.25) is 0 Å². The zero-order valence-corrected chi connectivity index (χ0v) is 12.2. The van der Waals surface area contributed by atoms with Crippen molar-refractivity contribution in [2.24, 2.45) is 10.4 Å². The molecule has 1 aromatic rings. The van der Waals surface area contributed by atoms with Crippen LogP contribution in [0.4, 0.5) is 0 Å². The Bertz CT molecular complexity index is 438. The van der Waals surface area contributed by atoms with Crippen LogP contribution in [0.3, 0.4) is 0 Å². The molecule has 0 bridgehead atoms. The van der Waals surface area contributed by atoms with Gasteiger partial charge in [-0.15, -0.1) is 0 Å². The fourth-order valence-electron chi connectivity index (χ4n) is 2.99. The molecule has 1 spiro atoms. The second kappa shape index (κ2) is 5.51. The van der Waals surface area contributed by atoms with Crippen LogP contribution in [0.5, 0.6) is 0 Å². The molecule has 0 aromatic carbocycles. The summed E-state index contributed by atoms with van der Waals surface area (Å²) in [6, 6.07) is 2.15. The van der Waals surface area contributed by atoms with Crippen molar-refractivity contribution in [3.05, 3.63) is 22.4 Å². The van der Waals surface area contributed by atoms with E-state index in [0.29, 0.717) is 5.41 Å². The molecule has 3 rings (SSSR count). The summed E-state index contributed by atoms with van der Waals surface area (Å²) in [6.07, 6.45) is 2.43. The molecular formula is C14H21N3OS. The minimum atomic E-state index is 0.389. The molecule has 0 radical (unpaired) electrons. The molecule has 3 heterocycles. The number of nitrogens with zero attached hydrogens (tertiary/aromatic N) is 2. The first kappa shape index (κ1) is 12.9. The van der Waals surface area contributed by atoms with E-state index in [4.69, 9.17) is 4.74 Å². The van der Waals surface area contributed by atoms with E-state index in [1.807, 2.05) is 7.05 Å². The van der Waals surface area contributed by atoms with Gasteiger partial charge in [-0.25, -0.2) is 0 Å². The molecule has 0 aliphatic carbocycles. The zero-order chi connectivity index (χ0) is 13.1. The largest absolute Gasteiger partial charge is 0.381 e. The summed E-state index contributed by atoms with van der Waals surface area (Å²) in [4.78, 5) is 6.79. The average Bonchev–Trinajstić information content (AvgIpc) is 3.15. The minimum Gasteiger partial charge on any atom is -0.381 e. The molecule has 19 heavy (non-hydrogen) atoms. The van der Waals surface area contributed by atoms with E-state index in [2.05, 4.69) is 32.0 Å². The first-order chi connectivity index (χ1) is 9.31. The van der Waals surface area contributed by atoms with Crippen LogP contribution in [0.2, 0.25) is 0 Å². The van der Waals surface area contributed by atoms with Gasteiger partial charge in [-0.3, -0.25) is 4.99 Å². The lowest BCUT2D eigenvalue weighted by Crippen LogP contribution is -2.41. The molecule has 2 aliphatic rings. The van der Waals surface area contributed by atoms with Crippen LogP contribution in [-0.4, -0.2) is 44.2 Å². The van der Waals surface area contributed by atoms with Crippen molar-refractivity contribution >= 4 is 17.3 Å². The molecule has 4 nitrogen and oxygen atoms in total. The fourth-order valence-corrected chi connectivity index (χ4v) is 3.66. The van der Waals surface area contributed by atoms with E-state index in [1.165, 1.54) is 18.4 Å². The highest BCUT2D eigenvalue weighted by Gasteiger charge is 2.42. The van der Waals surface area contributed by atoms with Crippen LogP contribution in [0.1, 0.15) is 18.4 Å². The lowest BCUT2D eigenvalue weighted by atomic mass is 9.87. The first-order valence-corrected chi connectivity index (χ1v) is 7.80. The summed E-state index contributed by atoms with van der Waals surface area (Å²) < 4.78 is 5.58. The highest BCUT2D eigenvalue weighted by Crippen LogP contribution is 2.38. The average molecular weight is 279 g/mol. The lowest BCUT2D eigenvalue weighted by molar-refractivity contribution is 0.156. The fraction of sp³-hybridized carbons (Fsp3) is 0.643. The highest BCUT2D eigenvalue weighted by molar-refractivity contribution is 7.07. The van der Waals surface area contributed by atoms with E-state index in [0.717, 1.165) is 38.8 Å². The van der Waals surface area contributed by atoms with Gasteiger partial charge in [0.25, 0.3) is 0 Å². The van der Waals surface area contributed by atoms with Gasteiger partial charge >= 0.3 is 0 Å². The molecule has 5 heteroatoms. The maximum Gasteiger partial charge on any atom is 0.193 e. The summed E-state index contributed by atoms with van der Waals surface area (Å²) in [5, 5.41) is 7.75. The van der Waals surface area contributed by atoms with Gasteiger partial charge in [0.1, 0.15) is 0 Å². The molecule has 104 valence electrons. The molecule has 1 atom stereocenters. The van der Waals surface area contributed by atoms with Crippen LogP contribution in [0.25, 0.3) is 0 Å². The van der Waals surface area contributed by atoms with Crippen LogP contribution in [0, 0.1) is 5.41 Å². The second-order valence-corrected chi connectivity index (χ2v) is 6.29. The minimum absolute atomic E-state index is 0.389. The Labute approximate surface area is 118 Å². The topological polar surface area (TPSA) is 36.9 Å². The third-order valence-corrected chi connectivity index (χ3v) is 4.90. The van der Waals surface area contributed by atoms with Gasteiger partial charge in [0.05, 0.1) is 6.61 Å². The number of hydrogen-bond acceptors (Lipinski definition) is 3. The summed E-state index contributed by atoms with van der Waals surface area (Å²) >= 11 is 1.74. The molecule has 0 saturated carbocycles. The van der Waals surface area contributed by atoms with Crippen molar-refractivity contribution in [1.82, 2.24) is 10.2 Å². The summed E-state index contributed by atoms with van der Waals surface area (Å²) in [5.74, 6) is 1.02. The van der Waals surface area contributed by atoms with Crippen molar-refractivity contribution < 1.29 is 4.74 Å². The lowest BCUT2D eigenvalue weighted by Gasteiger charge is -2.24. The zero-order valence-electron chi connectivity index (χ0n) is 11.4. The maximum atomic E-state index is 5.58. The molecular weight excluding hydrogens is 258 g/mol.